The number of hydrogen-bond acceptors (Lipinski definition) is 5. The molecule has 29 heavy (non-hydrogen) atoms. The molecule has 6 nitrogen and oxygen atoms in total. The normalized spacial score (nSPS) is 14.3. The van der Waals surface area contributed by atoms with E-state index in [0.29, 0.717) is 41.2 Å². The minimum Gasteiger partial charge on any atom is -0.493 e. The van der Waals surface area contributed by atoms with Gasteiger partial charge in [-0.25, -0.2) is 4.98 Å². The first-order chi connectivity index (χ1) is 14.0. The van der Waals surface area contributed by atoms with Crippen LogP contribution in [-0.2, 0) is 4.79 Å². The Bertz CT molecular complexity index is 879. The maximum Gasteiger partial charge on any atom is 0.246 e. The molecule has 2 heterocycles. The second kappa shape index (κ2) is 9.85. The van der Waals surface area contributed by atoms with Crippen LogP contribution >= 0.6 is 23.2 Å². The van der Waals surface area contributed by atoms with Crippen LogP contribution in [0.15, 0.2) is 36.5 Å². The Kier molecular flexibility index (Phi) is 7.23. The van der Waals surface area contributed by atoms with Gasteiger partial charge in [0.05, 0.1) is 23.8 Å². The predicted octanol–water partition coefficient (Wildman–Crippen LogP) is 4.16. The van der Waals surface area contributed by atoms with E-state index in [1.165, 1.54) is 0 Å². The average molecular weight is 436 g/mol. The first-order valence-corrected chi connectivity index (χ1v) is 10.1. The smallest absolute Gasteiger partial charge is 0.246 e. The molecule has 0 N–H and O–H groups in total. The second-order valence-electron chi connectivity index (χ2n) is 6.45. The number of aromatic nitrogens is 1. The van der Waals surface area contributed by atoms with E-state index < -0.39 is 0 Å². The maximum absolute atomic E-state index is 12.6. The number of carbonyl (C=O) groups excluding carboxylic acids is 1. The maximum atomic E-state index is 12.6. The zero-order valence-electron chi connectivity index (χ0n) is 16.4. The average Bonchev–Trinajstić information content (AvgIpc) is 2.74. The minimum atomic E-state index is -0.0438. The van der Waals surface area contributed by atoms with Gasteiger partial charge in [-0.1, -0.05) is 23.2 Å². The molecular weight excluding hydrogens is 413 g/mol. The molecule has 1 aromatic heterocycles. The quantitative estimate of drug-likeness (QED) is 0.637. The van der Waals surface area contributed by atoms with E-state index >= 15 is 0 Å². The minimum absolute atomic E-state index is 0.0438. The molecule has 154 valence electrons. The first kappa shape index (κ1) is 21.3. The van der Waals surface area contributed by atoms with Gasteiger partial charge in [0.25, 0.3) is 0 Å². The number of methoxy groups -OCH3 is 1. The number of anilines is 1. The Morgan fingerprint density at radius 2 is 1.97 bits per heavy atom. The molecule has 0 unspecified atom stereocenters. The van der Waals surface area contributed by atoms with Gasteiger partial charge in [-0.15, -0.1) is 0 Å². The molecule has 1 saturated heterocycles. The van der Waals surface area contributed by atoms with Crippen molar-refractivity contribution in [3.8, 4) is 11.5 Å². The van der Waals surface area contributed by atoms with E-state index in [2.05, 4.69) is 9.88 Å². The summed E-state index contributed by atoms with van der Waals surface area (Å²) in [7, 11) is 1.56. The Morgan fingerprint density at radius 1 is 1.21 bits per heavy atom. The lowest BCUT2D eigenvalue weighted by Gasteiger charge is -2.34. The second-order valence-corrected chi connectivity index (χ2v) is 7.29. The third kappa shape index (κ3) is 5.34. The number of benzene rings is 1. The van der Waals surface area contributed by atoms with Gasteiger partial charge in [0.2, 0.25) is 5.91 Å². The van der Waals surface area contributed by atoms with Gasteiger partial charge in [-0.2, -0.15) is 0 Å². The Morgan fingerprint density at radius 3 is 2.59 bits per heavy atom. The van der Waals surface area contributed by atoms with Gasteiger partial charge in [0.1, 0.15) is 5.82 Å². The fourth-order valence-electron chi connectivity index (χ4n) is 3.10. The summed E-state index contributed by atoms with van der Waals surface area (Å²) in [6.07, 6.45) is 4.93. The Labute approximate surface area is 180 Å². The SMILES string of the molecule is CCOc1c(Cl)cc(/C=C/C(=O)N2CCN(c3ccc(Cl)cn3)CC2)cc1OC. The van der Waals surface area contributed by atoms with Gasteiger partial charge >= 0.3 is 0 Å². The number of nitrogens with zero attached hydrogens (tertiary/aromatic N) is 3. The summed E-state index contributed by atoms with van der Waals surface area (Å²) in [5, 5.41) is 1.06. The fourth-order valence-corrected chi connectivity index (χ4v) is 3.49. The van der Waals surface area contributed by atoms with E-state index in [1.807, 2.05) is 24.0 Å². The van der Waals surface area contributed by atoms with Crippen molar-refractivity contribution in [2.75, 3.05) is 44.8 Å². The standard InChI is InChI=1S/C21H23Cl2N3O3/c1-3-29-21-17(23)12-15(13-18(21)28-2)4-7-20(27)26-10-8-25(9-11-26)19-6-5-16(22)14-24-19/h4-7,12-14H,3,8-11H2,1-2H3/b7-4+. The third-order valence-corrected chi connectivity index (χ3v) is 5.09. The molecule has 0 atom stereocenters. The summed E-state index contributed by atoms with van der Waals surface area (Å²) in [4.78, 5) is 20.9. The van der Waals surface area contributed by atoms with Crippen molar-refractivity contribution in [3.05, 3.63) is 52.1 Å². The number of amides is 1. The molecule has 1 aliphatic heterocycles. The molecule has 0 aliphatic carbocycles. The molecule has 0 spiro atoms. The van der Waals surface area contributed by atoms with Crippen LogP contribution in [0.4, 0.5) is 5.82 Å². The molecule has 1 fully saturated rings. The molecular formula is C21H23Cl2N3O3. The number of carbonyl (C=O) groups is 1. The van der Waals surface area contributed by atoms with Gasteiger partial charge < -0.3 is 19.3 Å². The number of halogens is 2. The van der Waals surface area contributed by atoms with Crippen molar-refractivity contribution in [2.24, 2.45) is 0 Å². The zero-order valence-corrected chi connectivity index (χ0v) is 17.9. The van der Waals surface area contributed by atoms with Gasteiger partial charge in [0, 0.05) is 38.5 Å². The van der Waals surface area contributed by atoms with Crippen molar-refractivity contribution in [3.63, 3.8) is 0 Å². The summed E-state index contributed by atoms with van der Waals surface area (Å²) in [6.45, 7) is 5.06. The predicted molar refractivity (Wildman–Crippen MR) is 116 cm³/mol. The summed E-state index contributed by atoms with van der Waals surface area (Å²) < 4.78 is 10.9. The van der Waals surface area contributed by atoms with Gasteiger partial charge in [0.15, 0.2) is 11.5 Å². The van der Waals surface area contributed by atoms with Crippen molar-refractivity contribution in [1.29, 1.82) is 0 Å². The number of hydrogen-bond donors (Lipinski definition) is 0. The zero-order chi connectivity index (χ0) is 20.8. The molecule has 1 amide bonds. The molecule has 0 saturated carbocycles. The summed E-state index contributed by atoms with van der Waals surface area (Å²) >= 11 is 12.2. The van der Waals surface area contributed by atoms with Crippen molar-refractivity contribution in [1.82, 2.24) is 9.88 Å². The molecule has 0 bridgehead atoms. The van der Waals surface area contributed by atoms with E-state index in [4.69, 9.17) is 32.7 Å². The van der Waals surface area contributed by atoms with Crippen LogP contribution in [-0.4, -0.2) is 55.7 Å². The molecule has 2 aromatic rings. The van der Waals surface area contributed by atoms with Crippen LogP contribution in [0.5, 0.6) is 11.5 Å². The van der Waals surface area contributed by atoms with Gasteiger partial charge in [-0.3, -0.25) is 4.79 Å². The Balaban J connectivity index is 1.61. The largest absolute Gasteiger partial charge is 0.493 e. The van der Waals surface area contributed by atoms with Crippen LogP contribution in [0.25, 0.3) is 6.08 Å². The lowest BCUT2D eigenvalue weighted by atomic mass is 10.1. The van der Waals surface area contributed by atoms with E-state index in [1.54, 1.807) is 37.6 Å². The molecule has 0 radical (unpaired) electrons. The van der Waals surface area contributed by atoms with Crippen LogP contribution in [0.2, 0.25) is 10.0 Å². The number of ether oxygens (including phenoxy) is 2. The molecule has 1 aliphatic rings. The Hall–Kier alpha value is -2.44. The fraction of sp³-hybridized carbons (Fsp3) is 0.333. The van der Waals surface area contributed by atoms with Crippen LogP contribution in [0, 0.1) is 0 Å². The van der Waals surface area contributed by atoms with E-state index in [0.717, 1.165) is 24.5 Å². The highest BCUT2D eigenvalue weighted by Gasteiger charge is 2.20. The summed E-state index contributed by atoms with van der Waals surface area (Å²) in [6, 6.07) is 7.26. The lowest BCUT2D eigenvalue weighted by Crippen LogP contribution is -2.48. The number of pyridine rings is 1. The molecule has 8 heteroatoms. The van der Waals surface area contributed by atoms with E-state index in [9.17, 15) is 4.79 Å². The molecule has 1 aromatic carbocycles. The van der Waals surface area contributed by atoms with Gasteiger partial charge in [-0.05, 0) is 42.8 Å². The number of rotatable bonds is 6. The topological polar surface area (TPSA) is 54.9 Å². The van der Waals surface area contributed by atoms with Crippen LogP contribution in [0.3, 0.4) is 0 Å². The summed E-state index contributed by atoms with van der Waals surface area (Å²) in [5.41, 5.74) is 0.771. The number of piperazine rings is 1. The van der Waals surface area contributed by atoms with Crippen molar-refractivity contribution < 1.29 is 14.3 Å². The highest BCUT2D eigenvalue weighted by Crippen LogP contribution is 2.36. The highest BCUT2D eigenvalue weighted by molar-refractivity contribution is 6.32. The van der Waals surface area contributed by atoms with E-state index in [-0.39, 0.29) is 5.91 Å². The van der Waals surface area contributed by atoms with Crippen LogP contribution < -0.4 is 14.4 Å². The third-order valence-electron chi connectivity index (χ3n) is 4.59. The van der Waals surface area contributed by atoms with Crippen molar-refractivity contribution in [2.45, 2.75) is 6.92 Å². The highest BCUT2D eigenvalue weighted by atomic mass is 35.5. The van der Waals surface area contributed by atoms with Crippen LogP contribution in [0.1, 0.15) is 12.5 Å². The first-order valence-electron chi connectivity index (χ1n) is 9.35. The molecule has 3 rings (SSSR count). The van der Waals surface area contributed by atoms with Crippen molar-refractivity contribution >= 4 is 41.0 Å². The monoisotopic (exact) mass is 435 g/mol. The lowest BCUT2D eigenvalue weighted by molar-refractivity contribution is -0.126. The summed E-state index contributed by atoms with van der Waals surface area (Å²) in [5.74, 6) is 1.87.